The number of hydrogen-bond donors (Lipinski definition) is 1. The van der Waals surface area contributed by atoms with Crippen molar-refractivity contribution in [1.82, 2.24) is 9.88 Å². The van der Waals surface area contributed by atoms with Gasteiger partial charge in [0, 0.05) is 25.5 Å². The zero-order valence-corrected chi connectivity index (χ0v) is 10.2. The first-order chi connectivity index (χ1) is 8.59. The first-order valence-electron chi connectivity index (χ1n) is 6.01. The third kappa shape index (κ3) is 2.50. The number of rotatable bonds is 3. The summed E-state index contributed by atoms with van der Waals surface area (Å²) in [6.07, 6.45) is 3.88. The molecule has 18 heavy (non-hydrogen) atoms. The van der Waals surface area contributed by atoms with Gasteiger partial charge in [0.1, 0.15) is 0 Å². The van der Waals surface area contributed by atoms with Crippen LogP contribution in [-0.2, 0) is 9.59 Å². The summed E-state index contributed by atoms with van der Waals surface area (Å²) >= 11 is 0. The van der Waals surface area contributed by atoms with Crippen molar-refractivity contribution in [3.8, 4) is 0 Å². The lowest BCUT2D eigenvalue weighted by Gasteiger charge is -2.20. The molecule has 1 aliphatic heterocycles. The first-order valence-corrected chi connectivity index (χ1v) is 6.01. The van der Waals surface area contributed by atoms with Crippen molar-refractivity contribution in [3.63, 3.8) is 0 Å². The molecule has 0 saturated carbocycles. The molecule has 0 bridgehead atoms. The van der Waals surface area contributed by atoms with Gasteiger partial charge in [0.25, 0.3) is 0 Å². The molecule has 1 aromatic heterocycles. The second-order valence-electron chi connectivity index (χ2n) is 4.62. The predicted octanol–water partition coefficient (Wildman–Crippen LogP) is 1.12. The lowest BCUT2D eigenvalue weighted by atomic mass is 10.0. The van der Waals surface area contributed by atoms with Crippen LogP contribution in [0.3, 0.4) is 0 Å². The Balaban J connectivity index is 2.02. The summed E-state index contributed by atoms with van der Waals surface area (Å²) < 4.78 is 0. The fourth-order valence-electron chi connectivity index (χ4n) is 2.21. The Hall–Kier alpha value is -1.91. The van der Waals surface area contributed by atoms with Gasteiger partial charge in [-0.1, -0.05) is 6.07 Å². The van der Waals surface area contributed by atoms with E-state index in [1.807, 2.05) is 13.0 Å². The van der Waals surface area contributed by atoms with Crippen molar-refractivity contribution in [1.29, 1.82) is 0 Å². The second kappa shape index (κ2) is 5.16. The Bertz CT molecular complexity index is 447. The van der Waals surface area contributed by atoms with E-state index in [1.54, 1.807) is 23.4 Å². The van der Waals surface area contributed by atoms with Crippen LogP contribution in [0.25, 0.3) is 0 Å². The molecule has 1 N–H and O–H groups in total. The van der Waals surface area contributed by atoms with Gasteiger partial charge in [-0.15, -0.1) is 0 Å². The summed E-state index contributed by atoms with van der Waals surface area (Å²) in [6.45, 7) is 2.67. The molecule has 0 unspecified atom stereocenters. The molecule has 1 saturated heterocycles. The fourth-order valence-corrected chi connectivity index (χ4v) is 2.21. The van der Waals surface area contributed by atoms with Crippen molar-refractivity contribution in [2.45, 2.75) is 19.3 Å². The molecule has 0 radical (unpaired) electrons. The number of carbonyl (C=O) groups is 2. The average molecular weight is 248 g/mol. The smallest absolute Gasteiger partial charge is 0.308 e. The maximum Gasteiger partial charge on any atom is 0.308 e. The van der Waals surface area contributed by atoms with Crippen LogP contribution in [0.1, 0.15) is 24.8 Å². The Morgan fingerprint density at radius 2 is 2.33 bits per heavy atom. The molecule has 2 rings (SSSR count). The van der Waals surface area contributed by atoms with Gasteiger partial charge in [-0.3, -0.25) is 14.6 Å². The Morgan fingerprint density at radius 3 is 2.89 bits per heavy atom. The molecule has 0 spiro atoms. The lowest BCUT2D eigenvalue weighted by molar-refractivity contribution is -0.141. The minimum atomic E-state index is -0.820. The van der Waals surface area contributed by atoms with Gasteiger partial charge < -0.3 is 10.0 Å². The number of carboxylic acids is 1. The summed E-state index contributed by atoms with van der Waals surface area (Å²) in [5.74, 6) is -1.53. The number of likely N-dealkylation sites (tertiary alicyclic amines) is 1. The van der Waals surface area contributed by atoms with Gasteiger partial charge in [-0.2, -0.15) is 0 Å². The van der Waals surface area contributed by atoms with Crippen LogP contribution in [0.2, 0.25) is 0 Å². The number of nitrogens with zero attached hydrogens (tertiary/aromatic N) is 2. The average Bonchev–Trinajstić information content (AvgIpc) is 2.88. The highest BCUT2D eigenvalue weighted by atomic mass is 16.4. The van der Waals surface area contributed by atoms with Crippen LogP contribution < -0.4 is 0 Å². The zero-order valence-electron chi connectivity index (χ0n) is 10.2. The number of aliphatic carboxylic acids is 1. The van der Waals surface area contributed by atoms with Gasteiger partial charge in [0.15, 0.2) is 0 Å². The summed E-state index contributed by atoms with van der Waals surface area (Å²) in [7, 11) is 0. The minimum absolute atomic E-state index is 0.0215. The zero-order chi connectivity index (χ0) is 13.1. The van der Waals surface area contributed by atoms with Crippen molar-refractivity contribution in [2.75, 3.05) is 13.1 Å². The van der Waals surface area contributed by atoms with E-state index in [4.69, 9.17) is 5.11 Å². The van der Waals surface area contributed by atoms with Crippen LogP contribution in [0.4, 0.5) is 0 Å². The summed E-state index contributed by atoms with van der Waals surface area (Å²) in [4.78, 5) is 28.7. The highest BCUT2D eigenvalue weighted by molar-refractivity contribution is 5.84. The maximum absolute atomic E-state index is 12.2. The largest absolute Gasteiger partial charge is 0.481 e. The molecule has 0 aliphatic carbocycles. The van der Waals surface area contributed by atoms with Crippen molar-refractivity contribution in [2.24, 2.45) is 5.92 Å². The summed E-state index contributed by atoms with van der Waals surface area (Å²) in [6, 6.07) is 3.66. The van der Waals surface area contributed by atoms with E-state index in [9.17, 15) is 9.59 Å². The normalized spacial score (nSPS) is 20.7. The second-order valence-corrected chi connectivity index (χ2v) is 4.62. The molecule has 1 amide bonds. The SMILES string of the molecule is C[C@@H](C(=O)N1CC[C@H](C(=O)O)C1)c1cccnc1. The third-order valence-corrected chi connectivity index (χ3v) is 3.40. The number of pyridine rings is 1. The molecule has 5 nitrogen and oxygen atoms in total. The molecular weight excluding hydrogens is 232 g/mol. The topological polar surface area (TPSA) is 70.5 Å². The van der Waals surface area contributed by atoms with Crippen LogP contribution in [0.5, 0.6) is 0 Å². The van der Waals surface area contributed by atoms with E-state index >= 15 is 0 Å². The highest BCUT2D eigenvalue weighted by Gasteiger charge is 2.32. The number of hydrogen-bond acceptors (Lipinski definition) is 3. The van der Waals surface area contributed by atoms with Crippen LogP contribution >= 0.6 is 0 Å². The van der Waals surface area contributed by atoms with E-state index in [0.717, 1.165) is 5.56 Å². The van der Waals surface area contributed by atoms with E-state index in [0.29, 0.717) is 19.5 Å². The third-order valence-electron chi connectivity index (χ3n) is 3.40. The summed E-state index contributed by atoms with van der Waals surface area (Å²) in [5.41, 5.74) is 0.862. The molecule has 96 valence electrons. The number of aromatic nitrogens is 1. The van der Waals surface area contributed by atoms with Crippen LogP contribution in [0.15, 0.2) is 24.5 Å². The van der Waals surface area contributed by atoms with Crippen molar-refractivity contribution < 1.29 is 14.7 Å². The monoisotopic (exact) mass is 248 g/mol. The minimum Gasteiger partial charge on any atom is -0.481 e. The maximum atomic E-state index is 12.2. The molecule has 2 heterocycles. The predicted molar refractivity (Wildman–Crippen MR) is 65.0 cm³/mol. The quantitative estimate of drug-likeness (QED) is 0.870. The van der Waals surface area contributed by atoms with Crippen LogP contribution in [0, 0.1) is 5.92 Å². The molecular formula is C13H16N2O3. The Morgan fingerprint density at radius 1 is 1.56 bits per heavy atom. The van der Waals surface area contributed by atoms with Gasteiger partial charge >= 0.3 is 5.97 Å². The Kier molecular flexibility index (Phi) is 3.60. The van der Waals surface area contributed by atoms with E-state index < -0.39 is 11.9 Å². The molecule has 1 fully saturated rings. The number of carbonyl (C=O) groups excluding carboxylic acids is 1. The van der Waals surface area contributed by atoms with Gasteiger partial charge in [0.2, 0.25) is 5.91 Å². The standard InChI is InChI=1S/C13H16N2O3/c1-9(10-3-2-5-14-7-10)12(16)15-6-4-11(8-15)13(17)18/h2-3,5,7,9,11H,4,6,8H2,1H3,(H,17,18)/t9-,11+/m1/s1. The molecule has 2 atom stereocenters. The van der Waals surface area contributed by atoms with Gasteiger partial charge in [-0.25, -0.2) is 0 Å². The molecule has 0 aromatic carbocycles. The van der Waals surface area contributed by atoms with Crippen LogP contribution in [-0.4, -0.2) is 40.0 Å². The van der Waals surface area contributed by atoms with E-state index in [2.05, 4.69) is 4.98 Å². The summed E-state index contributed by atoms with van der Waals surface area (Å²) in [5, 5.41) is 8.92. The number of amides is 1. The lowest BCUT2D eigenvalue weighted by Crippen LogP contribution is -2.33. The number of carboxylic acid groups (broad SMARTS) is 1. The van der Waals surface area contributed by atoms with E-state index in [1.165, 1.54) is 0 Å². The molecule has 5 heteroatoms. The molecule has 1 aromatic rings. The van der Waals surface area contributed by atoms with Gasteiger partial charge in [-0.05, 0) is 25.0 Å². The van der Waals surface area contributed by atoms with E-state index in [-0.39, 0.29) is 11.8 Å². The highest BCUT2D eigenvalue weighted by Crippen LogP contribution is 2.22. The van der Waals surface area contributed by atoms with Crippen molar-refractivity contribution >= 4 is 11.9 Å². The first kappa shape index (κ1) is 12.5. The fraction of sp³-hybridized carbons (Fsp3) is 0.462. The van der Waals surface area contributed by atoms with Gasteiger partial charge in [0.05, 0.1) is 11.8 Å². The molecule has 1 aliphatic rings. The van der Waals surface area contributed by atoms with Crippen molar-refractivity contribution in [3.05, 3.63) is 30.1 Å². The Labute approximate surface area is 105 Å².